The lowest BCUT2D eigenvalue weighted by atomic mass is 10.1. The second-order valence-electron chi connectivity index (χ2n) is 5.74. The molecule has 0 saturated heterocycles. The van der Waals surface area contributed by atoms with Gasteiger partial charge < -0.3 is 9.30 Å². The lowest BCUT2D eigenvalue weighted by Crippen LogP contribution is -2.14. The first-order valence-electron chi connectivity index (χ1n) is 7.87. The quantitative estimate of drug-likeness (QED) is 0.652. The molecule has 0 aliphatic carbocycles. The zero-order valence-electron chi connectivity index (χ0n) is 14.7. The first-order valence-corrected chi connectivity index (χ1v) is 9.91. The topological polar surface area (TPSA) is 43.6 Å². The number of carbonyl (C=O) groups excluding carboxylic acids is 1. The molecule has 1 amide bonds. The molecule has 3 aromatic rings. The molecule has 0 aliphatic rings. The second kappa shape index (κ2) is 7.45. The molecule has 2 aromatic carbocycles. The third-order valence-electron chi connectivity index (χ3n) is 4.06. The molecule has 0 N–H and O–H groups in total. The van der Waals surface area contributed by atoms with Crippen LogP contribution < -0.4 is 9.54 Å². The first-order chi connectivity index (χ1) is 12.0. The van der Waals surface area contributed by atoms with Crippen LogP contribution in [0.1, 0.15) is 11.1 Å². The lowest BCUT2D eigenvalue weighted by Gasteiger charge is -2.05. The zero-order chi connectivity index (χ0) is 18.0. The SMILES string of the molecule is COc1ccc(C)c2sc(=NC(=O)Cc3ccc(SC)cc3)n(C)c12. The van der Waals surface area contributed by atoms with Crippen molar-refractivity contribution in [3.63, 3.8) is 0 Å². The maximum atomic E-state index is 12.4. The molecule has 6 heteroatoms. The maximum Gasteiger partial charge on any atom is 0.252 e. The van der Waals surface area contributed by atoms with Crippen molar-refractivity contribution >= 4 is 39.2 Å². The molecule has 0 spiro atoms. The smallest absolute Gasteiger partial charge is 0.252 e. The Morgan fingerprint density at radius 2 is 1.96 bits per heavy atom. The first kappa shape index (κ1) is 17.8. The molecule has 0 saturated carbocycles. The Labute approximate surface area is 155 Å². The van der Waals surface area contributed by atoms with Gasteiger partial charge in [-0.3, -0.25) is 4.79 Å². The van der Waals surface area contributed by atoms with Gasteiger partial charge in [-0.05, 0) is 42.5 Å². The minimum Gasteiger partial charge on any atom is -0.495 e. The summed E-state index contributed by atoms with van der Waals surface area (Å²) in [6.45, 7) is 2.05. The Bertz CT molecular complexity index is 985. The Hall–Kier alpha value is -2.05. The van der Waals surface area contributed by atoms with E-state index in [1.807, 2.05) is 54.3 Å². The number of hydrogen-bond donors (Lipinski definition) is 0. The molecule has 0 radical (unpaired) electrons. The number of thioether (sulfide) groups is 1. The van der Waals surface area contributed by atoms with Crippen LogP contribution in [0, 0.1) is 6.92 Å². The van der Waals surface area contributed by atoms with Gasteiger partial charge >= 0.3 is 0 Å². The number of hydrogen-bond acceptors (Lipinski definition) is 4. The molecular weight excluding hydrogens is 352 g/mol. The van der Waals surface area contributed by atoms with Gasteiger partial charge in [0, 0.05) is 11.9 Å². The molecular formula is C19H20N2O2S2. The van der Waals surface area contributed by atoms with E-state index in [2.05, 4.69) is 11.9 Å². The predicted molar refractivity (Wildman–Crippen MR) is 105 cm³/mol. The van der Waals surface area contributed by atoms with E-state index in [0.717, 1.165) is 27.1 Å². The summed E-state index contributed by atoms with van der Waals surface area (Å²) in [4.78, 5) is 18.6. The molecule has 0 atom stereocenters. The van der Waals surface area contributed by atoms with Crippen molar-refractivity contribution in [1.82, 2.24) is 4.57 Å². The van der Waals surface area contributed by atoms with Crippen LogP contribution >= 0.6 is 23.1 Å². The number of amides is 1. The van der Waals surface area contributed by atoms with Crippen LogP contribution in [-0.2, 0) is 18.3 Å². The normalized spacial score (nSPS) is 11.9. The van der Waals surface area contributed by atoms with Gasteiger partial charge in [-0.15, -0.1) is 11.8 Å². The number of rotatable bonds is 4. The Balaban J connectivity index is 1.96. The Morgan fingerprint density at radius 1 is 1.24 bits per heavy atom. The predicted octanol–water partition coefficient (Wildman–Crippen LogP) is 3.95. The second-order valence-corrected chi connectivity index (χ2v) is 7.59. The van der Waals surface area contributed by atoms with E-state index >= 15 is 0 Å². The third-order valence-corrected chi connectivity index (χ3v) is 6.07. The zero-order valence-corrected chi connectivity index (χ0v) is 16.3. The van der Waals surface area contributed by atoms with Gasteiger partial charge in [0.15, 0.2) is 4.80 Å². The number of aromatic nitrogens is 1. The van der Waals surface area contributed by atoms with Crippen LogP contribution in [0.3, 0.4) is 0 Å². The summed E-state index contributed by atoms with van der Waals surface area (Å²) in [5, 5.41) is 0. The fraction of sp³-hybridized carbons (Fsp3) is 0.263. The third kappa shape index (κ3) is 3.65. The summed E-state index contributed by atoms with van der Waals surface area (Å²) >= 11 is 3.20. The van der Waals surface area contributed by atoms with E-state index < -0.39 is 0 Å². The summed E-state index contributed by atoms with van der Waals surface area (Å²) in [5.74, 6) is 0.650. The highest BCUT2D eigenvalue weighted by atomic mass is 32.2. The summed E-state index contributed by atoms with van der Waals surface area (Å²) in [7, 11) is 3.57. The van der Waals surface area contributed by atoms with Gasteiger partial charge in [0.25, 0.3) is 5.91 Å². The molecule has 3 rings (SSSR count). The number of methoxy groups -OCH3 is 1. The number of nitrogens with zero attached hydrogens (tertiary/aromatic N) is 2. The maximum absolute atomic E-state index is 12.4. The Kier molecular flexibility index (Phi) is 5.30. The van der Waals surface area contributed by atoms with Crippen molar-refractivity contribution < 1.29 is 9.53 Å². The molecule has 0 bridgehead atoms. The van der Waals surface area contributed by atoms with Crippen molar-refractivity contribution in [3.05, 3.63) is 52.3 Å². The number of aryl methyl sites for hydroxylation is 2. The molecule has 0 unspecified atom stereocenters. The Morgan fingerprint density at radius 3 is 2.60 bits per heavy atom. The highest BCUT2D eigenvalue weighted by Crippen LogP contribution is 2.29. The van der Waals surface area contributed by atoms with Gasteiger partial charge in [0.05, 0.1) is 18.2 Å². The van der Waals surface area contributed by atoms with Gasteiger partial charge in [-0.25, -0.2) is 0 Å². The minimum atomic E-state index is -0.143. The van der Waals surface area contributed by atoms with Gasteiger partial charge in [-0.1, -0.05) is 29.5 Å². The highest BCUT2D eigenvalue weighted by molar-refractivity contribution is 7.98. The van der Waals surface area contributed by atoms with Gasteiger partial charge in [-0.2, -0.15) is 4.99 Å². The van der Waals surface area contributed by atoms with E-state index in [4.69, 9.17) is 4.74 Å². The van der Waals surface area contributed by atoms with Crippen LogP contribution in [0.2, 0.25) is 0 Å². The van der Waals surface area contributed by atoms with E-state index in [9.17, 15) is 4.79 Å². The lowest BCUT2D eigenvalue weighted by molar-refractivity contribution is -0.117. The number of carbonyl (C=O) groups is 1. The van der Waals surface area contributed by atoms with E-state index in [-0.39, 0.29) is 5.91 Å². The van der Waals surface area contributed by atoms with Crippen LogP contribution in [-0.4, -0.2) is 23.8 Å². The van der Waals surface area contributed by atoms with Crippen LogP contribution in [0.5, 0.6) is 5.75 Å². The summed E-state index contributed by atoms with van der Waals surface area (Å²) < 4.78 is 8.48. The van der Waals surface area contributed by atoms with E-state index in [1.54, 1.807) is 18.9 Å². The van der Waals surface area contributed by atoms with Crippen LogP contribution in [0.4, 0.5) is 0 Å². The fourth-order valence-electron chi connectivity index (χ4n) is 2.68. The molecule has 25 heavy (non-hydrogen) atoms. The molecule has 1 heterocycles. The van der Waals surface area contributed by atoms with Crippen molar-refractivity contribution in [2.45, 2.75) is 18.2 Å². The van der Waals surface area contributed by atoms with Gasteiger partial charge in [0.1, 0.15) is 11.3 Å². The number of fused-ring (bicyclic) bond motifs is 1. The van der Waals surface area contributed by atoms with Crippen molar-refractivity contribution in [3.8, 4) is 5.75 Å². The fourth-order valence-corrected chi connectivity index (χ4v) is 4.21. The van der Waals surface area contributed by atoms with Crippen molar-refractivity contribution in [2.24, 2.45) is 12.0 Å². The van der Waals surface area contributed by atoms with Crippen LogP contribution in [0.15, 0.2) is 46.3 Å². The molecule has 1 aromatic heterocycles. The number of benzene rings is 2. The molecule has 0 fully saturated rings. The monoisotopic (exact) mass is 372 g/mol. The standard InChI is InChI=1S/C19H20N2O2S2/c1-12-5-10-15(23-3)17-18(12)25-19(21(17)2)20-16(22)11-13-6-8-14(24-4)9-7-13/h5-10H,11H2,1-4H3. The highest BCUT2D eigenvalue weighted by Gasteiger charge is 2.12. The largest absolute Gasteiger partial charge is 0.495 e. The minimum absolute atomic E-state index is 0.143. The number of thiazole rings is 1. The molecule has 0 aliphatic heterocycles. The van der Waals surface area contributed by atoms with E-state index in [0.29, 0.717) is 11.2 Å². The molecule has 130 valence electrons. The van der Waals surface area contributed by atoms with E-state index in [1.165, 1.54) is 16.2 Å². The van der Waals surface area contributed by atoms with Gasteiger partial charge in [0.2, 0.25) is 0 Å². The average molecular weight is 373 g/mol. The van der Waals surface area contributed by atoms with Crippen LogP contribution in [0.25, 0.3) is 10.2 Å². The van der Waals surface area contributed by atoms with Crippen molar-refractivity contribution in [2.75, 3.05) is 13.4 Å². The summed E-state index contributed by atoms with van der Waals surface area (Å²) in [6.07, 6.45) is 2.34. The molecule has 4 nitrogen and oxygen atoms in total. The number of ether oxygens (including phenoxy) is 1. The van der Waals surface area contributed by atoms with Crippen molar-refractivity contribution in [1.29, 1.82) is 0 Å². The summed E-state index contributed by atoms with van der Waals surface area (Å²) in [6, 6.07) is 12.0. The average Bonchev–Trinajstić information content (AvgIpc) is 2.94. The summed E-state index contributed by atoms with van der Waals surface area (Å²) in [5.41, 5.74) is 3.10.